The van der Waals surface area contributed by atoms with E-state index in [2.05, 4.69) is 19.9 Å². The summed E-state index contributed by atoms with van der Waals surface area (Å²) < 4.78 is 0. The van der Waals surface area contributed by atoms with Crippen LogP contribution in [0.5, 0.6) is 0 Å². The van der Waals surface area contributed by atoms with Crippen LogP contribution in [0, 0.1) is 0 Å². The van der Waals surface area contributed by atoms with Crippen LogP contribution in [0.2, 0.25) is 0 Å². The van der Waals surface area contributed by atoms with Crippen molar-refractivity contribution in [3.05, 3.63) is 64.4 Å². The van der Waals surface area contributed by atoms with Gasteiger partial charge < -0.3 is 9.88 Å². The number of pyridine rings is 1. The van der Waals surface area contributed by atoms with Gasteiger partial charge in [-0.1, -0.05) is 6.07 Å². The maximum Gasteiger partial charge on any atom is 0.229 e. The summed E-state index contributed by atoms with van der Waals surface area (Å²) in [6.07, 6.45) is 6.34. The molecule has 0 spiro atoms. The van der Waals surface area contributed by atoms with Crippen molar-refractivity contribution in [3.8, 4) is 0 Å². The number of carbonyl (C=O) groups is 1. The van der Waals surface area contributed by atoms with Crippen molar-refractivity contribution in [2.24, 2.45) is 0 Å². The Kier molecular flexibility index (Phi) is 3.63. The first-order valence-electron chi connectivity index (χ1n) is 7.41. The van der Waals surface area contributed by atoms with E-state index in [1.54, 1.807) is 24.2 Å². The Balaban J connectivity index is 1.69. The molecule has 1 aliphatic rings. The van der Waals surface area contributed by atoms with E-state index in [1.165, 1.54) is 11.3 Å². The minimum absolute atomic E-state index is 0.0680. The fourth-order valence-corrected chi connectivity index (χ4v) is 3.56. The number of aromatic nitrogens is 4. The molecule has 0 radical (unpaired) electrons. The van der Waals surface area contributed by atoms with Gasteiger partial charge in [-0.2, -0.15) is 0 Å². The maximum absolute atomic E-state index is 12.8. The zero-order valence-corrected chi connectivity index (χ0v) is 13.2. The molecule has 116 valence electrons. The number of thiazole rings is 1. The zero-order chi connectivity index (χ0) is 15.6. The standard InChI is InChI=1S/C16H15N5OS/c22-14(6-12-8-23-10-20-12)21-5-3-13-15(19-9-18-13)16(21)11-2-1-4-17-7-11/h1-2,4,7-10,16H,3,5-6H2,(H,18,19). The van der Waals surface area contributed by atoms with Crippen molar-refractivity contribution in [3.63, 3.8) is 0 Å². The summed E-state index contributed by atoms with van der Waals surface area (Å²) in [5, 5.41) is 1.92. The van der Waals surface area contributed by atoms with Crippen LogP contribution in [-0.4, -0.2) is 37.3 Å². The first-order chi connectivity index (χ1) is 11.3. The van der Waals surface area contributed by atoms with Crippen molar-refractivity contribution < 1.29 is 4.79 Å². The SMILES string of the molecule is O=C(Cc1cscn1)N1CCc2[nH]cnc2C1c1cccnc1. The summed E-state index contributed by atoms with van der Waals surface area (Å²) in [4.78, 5) is 30.8. The first kappa shape index (κ1) is 14.1. The molecular weight excluding hydrogens is 310 g/mol. The molecule has 0 aromatic carbocycles. The molecule has 23 heavy (non-hydrogen) atoms. The lowest BCUT2D eigenvalue weighted by Crippen LogP contribution is -2.41. The summed E-state index contributed by atoms with van der Waals surface area (Å²) in [5.41, 5.74) is 5.56. The van der Waals surface area contributed by atoms with Crippen molar-refractivity contribution in [1.29, 1.82) is 0 Å². The second-order valence-corrected chi connectivity index (χ2v) is 6.17. The molecule has 0 bridgehead atoms. The molecule has 1 atom stereocenters. The van der Waals surface area contributed by atoms with Gasteiger partial charge in [-0.05, 0) is 11.6 Å². The van der Waals surface area contributed by atoms with Crippen LogP contribution in [0.3, 0.4) is 0 Å². The van der Waals surface area contributed by atoms with E-state index < -0.39 is 0 Å². The van der Waals surface area contributed by atoms with Crippen LogP contribution < -0.4 is 0 Å². The fraction of sp³-hybridized carbons (Fsp3) is 0.250. The lowest BCUT2D eigenvalue weighted by Gasteiger charge is -2.35. The van der Waals surface area contributed by atoms with Gasteiger partial charge in [-0.25, -0.2) is 9.97 Å². The van der Waals surface area contributed by atoms with Crippen LogP contribution in [0.4, 0.5) is 0 Å². The summed E-state index contributed by atoms with van der Waals surface area (Å²) in [6.45, 7) is 0.664. The molecule has 0 saturated heterocycles. The Hall–Kier alpha value is -2.54. The highest BCUT2D eigenvalue weighted by Gasteiger charge is 2.34. The Bertz CT molecular complexity index is 799. The number of amides is 1. The van der Waals surface area contributed by atoms with Gasteiger partial charge in [0.25, 0.3) is 0 Å². The molecule has 4 rings (SSSR count). The first-order valence-corrected chi connectivity index (χ1v) is 8.36. The van der Waals surface area contributed by atoms with Gasteiger partial charge in [0.05, 0.1) is 29.6 Å². The van der Waals surface area contributed by atoms with E-state index in [1.807, 2.05) is 22.4 Å². The van der Waals surface area contributed by atoms with Crippen LogP contribution >= 0.6 is 11.3 Å². The molecule has 7 heteroatoms. The number of aromatic amines is 1. The van der Waals surface area contributed by atoms with Gasteiger partial charge in [0.2, 0.25) is 5.91 Å². The predicted molar refractivity (Wildman–Crippen MR) is 85.9 cm³/mol. The fourth-order valence-electron chi connectivity index (χ4n) is 3.00. The molecule has 0 aliphatic carbocycles. The number of nitrogens with zero attached hydrogens (tertiary/aromatic N) is 4. The number of fused-ring (bicyclic) bond motifs is 1. The van der Waals surface area contributed by atoms with E-state index in [0.29, 0.717) is 13.0 Å². The predicted octanol–water partition coefficient (Wildman–Crippen LogP) is 1.98. The average molecular weight is 325 g/mol. The van der Waals surface area contributed by atoms with Crippen molar-refractivity contribution in [1.82, 2.24) is 24.8 Å². The zero-order valence-electron chi connectivity index (χ0n) is 12.3. The molecule has 1 aliphatic heterocycles. The van der Waals surface area contributed by atoms with Crippen LogP contribution in [0.15, 0.2) is 41.7 Å². The summed E-state index contributed by atoms with van der Waals surface area (Å²) in [7, 11) is 0. The lowest BCUT2D eigenvalue weighted by molar-refractivity contribution is -0.132. The number of hydrogen-bond donors (Lipinski definition) is 1. The third kappa shape index (κ3) is 2.63. The quantitative estimate of drug-likeness (QED) is 0.799. The smallest absolute Gasteiger partial charge is 0.229 e. The van der Waals surface area contributed by atoms with Gasteiger partial charge >= 0.3 is 0 Å². The normalized spacial score (nSPS) is 17.0. The molecule has 1 N–H and O–H groups in total. The molecule has 3 aromatic rings. The molecule has 0 saturated carbocycles. The van der Waals surface area contributed by atoms with E-state index in [9.17, 15) is 4.79 Å². The molecule has 4 heterocycles. The summed E-state index contributed by atoms with van der Waals surface area (Å²) in [5.74, 6) is 0.0680. The summed E-state index contributed by atoms with van der Waals surface area (Å²) >= 11 is 1.51. The van der Waals surface area contributed by atoms with E-state index in [-0.39, 0.29) is 11.9 Å². The molecule has 6 nitrogen and oxygen atoms in total. The third-order valence-corrected chi connectivity index (χ3v) is 4.70. The largest absolute Gasteiger partial charge is 0.348 e. The van der Waals surface area contributed by atoms with E-state index >= 15 is 0 Å². The Morgan fingerprint density at radius 2 is 2.39 bits per heavy atom. The van der Waals surface area contributed by atoms with E-state index in [4.69, 9.17) is 0 Å². The highest BCUT2D eigenvalue weighted by atomic mass is 32.1. The van der Waals surface area contributed by atoms with E-state index in [0.717, 1.165) is 29.1 Å². The van der Waals surface area contributed by atoms with Gasteiger partial charge in [-0.3, -0.25) is 9.78 Å². The van der Waals surface area contributed by atoms with Crippen molar-refractivity contribution in [2.75, 3.05) is 6.54 Å². The molecule has 1 amide bonds. The average Bonchev–Trinajstić information content (AvgIpc) is 3.25. The van der Waals surface area contributed by atoms with Gasteiger partial charge in [0.1, 0.15) is 6.04 Å². The van der Waals surface area contributed by atoms with Gasteiger partial charge in [-0.15, -0.1) is 11.3 Å². The molecule has 1 unspecified atom stereocenters. The molecule has 0 fully saturated rings. The number of rotatable bonds is 3. The van der Waals surface area contributed by atoms with Gasteiger partial charge in [0, 0.05) is 36.4 Å². The summed E-state index contributed by atoms with van der Waals surface area (Å²) in [6, 6.07) is 3.69. The number of nitrogens with one attached hydrogen (secondary N) is 1. The minimum atomic E-state index is -0.190. The Morgan fingerprint density at radius 3 is 3.17 bits per heavy atom. The van der Waals surface area contributed by atoms with Gasteiger partial charge in [0.15, 0.2) is 0 Å². The second kappa shape index (κ2) is 5.92. The monoisotopic (exact) mass is 325 g/mol. The Morgan fingerprint density at radius 1 is 1.43 bits per heavy atom. The topological polar surface area (TPSA) is 74.8 Å². The Labute approximate surface area is 137 Å². The molecular formula is C16H15N5OS. The lowest BCUT2D eigenvalue weighted by atomic mass is 9.96. The highest BCUT2D eigenvalue weighted by Crippen LogP contribution is 2.33. The number of imidazole rings is 1. The maximum atomic E-state index is 12.8. The molecule has 3 aromatic heterocycles. The highest BCUT2D eigenvalue weighted by molar-refractivity contribution is 7.07. The van der Waals surface area contributed by atoms with Crippen molar-refractivity contribution in [2.45, 2.75) is 18.9 Å². The van der Waals surface area contributed by atoms with Crippen LogP contribution in [-0.2, 0) is 17.6 Å². The van der Waals surface area contributed by atoms with Crippen LogP contribution in [0.1, 0.15) is 28.7 Å². The second-order valence-electron chi connectivity index (χ2n) is 5.45. The minimum Gasteiger partial charge on any atom is -0.348 e. The number of hydrogen-bond acceptors (Lipinski definition) is 5. The van der Waals surface area contributed by atoms with Crippen LogP contribution in [0.25, 0.3) is 0 Å². The van der Waals surface area contributed by atoms with Crippen molar-refractivity contribution >= 4 is 17.2 Å². The third-order valence-electron chi connectivity index (χ3n) is 4.06. The number of carbonyl (C=O) groups excluding carboxylic acids is 1. The number of H-pyrrole nitrogens is 1.